The van der Waals surface area contributed by atoms with Gasteiger partial charge in [0.15, 0.2) is 0 Å². The maximum atomic E-state index is 11.7. The molecule has 1 aromatic carbocycles. The van der Waals surface area contributed by atoms with Gasteiger partial charge in [0, 0.05) is 22.4 Å². The van der Waals surface area contributed by atoms with Gasteiger partial charge in [-0.3, -0.25) is 4.79 Å². The molecule has 0 aliphatic heterocycles. The van der Waals surface area contributed by atoms with Crippen molar-refractivity contribution in [1.29, 1.82) is 0 Å². The van der Waals surface area contributed by atoms with E-state index in [1.807, 2.05) is 0 Å². The lowest BCUT2D eigenvalue weighted by atomic mass is 10.1. The lowest BCUT2D eigenvalue weighted by molar-refractivity contribution is 0.0963. The number of aryl methyl sites for hydroxylation is 1. The summed E-state index contributed by atoms with van der Waals surface area (Å²) in [6.07, 6.45) is 0. The molecular weight excluding hydrogens is 292 g/mol. The monoisotopic (exact) mass is 308 g/mol. The highest BCUT2D eigenvalue weighted by molar-refractivity contribution is 7.12. The van der Waals surface area contributed by atoms with Crippen LogP contribution in [0.3, 0.4) is 0 Å². The van der Waals surface area contributed by atoms with Crippen molar-refractivity contribution in [3.63, 3.8) is 0 Å². The van der Waals surface area contributed by atoms with Crippen LogP contribution in [0, 0.1) is 6.92 Å². The standard InChI is InChI=1S/C15H17ClN2OS/c1-9-4-7-14(20-9)10(2)18-13-8-11(15(19)17-3)5-6-12(13)16/h4-8,10,18H,1-3H3,(H,17,19). The molecule has 0 spiro atoms. The smallest absolute Gasteiger partial charge is 0.251 e. The average Bonchev–Trinajstić information content (AvgIpc) is 2.87. The normalized spacial score (nSPS) is 12.0. The van der Waals surface area contributed by atoms with Gasteiger partial charge in [0.25, 0.3) is 5.91 Å². The summed E-state index contributed by atoms with van der Waals surface area (Å²) in [6.45, 7) is 4.16. The molecule has 0 radical (unpaired) electrons. The van der Waals surface area contributed by atoms with E-state index >= 15 is 0 Å². The van der Waals surface area contributed by atoms with Crippen LogP contribution in [0.15, 0.2) is 30.3 Å². The number of hydrogen-bond donors (Lipinski definition) is 2. The molecular formula is C15H17ClN2OS. The third-order valence-corrected chi connectivity index (χ3v) is 4.53. The zero-order chi connectivity index (χ0) is 14.7. The van der Waals surface area contributed by atoms with Gasteiger partial charge in [0.1, 0.15) is 0 Å². The van der Waals surface area contributed by atoms with Gasteiger partial charge in [-0.1, -0.05) is 11.6 Å². The Bertz CT molecular complexity index is 624. The molecule has 0 bridgehead atoms. The van der Waals surface area contributed by atoms with Crippen molar-refractivity contribution in [2.75, 3.05) is 12.4 Å². The molecule has 1 aromatic heterocycles. The Kier molecular flexibility index (Phi) is 4.68. The van der Waals surface area contributed by atoms with Gasteiger partial charge in [0.05, 0.1) is 16.8 Å². The molecule has 0 saturated heterocycles. The van der Waals surface area contributed by atoms with Crippen LogP contribution in [0.2, 0.25) is 5.02 Å². The number of rotatable bonds is 4. The van der Waals surface area contributed by atoms with E-state index in [0.717, 1.165) is 5.69 Å². The predicted octanol–water partition coefficient (Wildman–Crippen LogP) is 4.24. The summed E-state index contributed by atoms with van der Waals surface area (Å²) >= 11 is 7.94. The number of amides is 1. The first kappa shape index (κ1) is 14.9. The highest BCUT2D eigenvalue weighted by atomic mass is 35.5. The van der Waals surface area contributed by atoms with Crippen LogP contribution in [-0.2, 0) is 0 Å². The topological polar surface area (TPSA) is 41.1 Å². The third kappa shape index (κ3) is 3.32. The summed E-state index contributed by atoms with van der Waals surface area (Å²) < 4.78 is 0. The molecule has 0 saturated carbocycles. The van der Waals surface area contributed by atoms with Crippen molar-refractivity contribution in [2.45, 2.75) is 19.9 Å². The van der Waals surface area contributed by atoms with Crippen molar-refractivity contribution >= 4 is 34.5 Å². The molecule has 20 heavy (non-hydrogen) atoms. The van der Waals surface area contributed by atoms with E-state index in [9.17, 15) is 4.79 Å². The van der Waals surface area contributed by atoms with Crippen LogP contribution in [0.25, 0.3) is 0 Å². The molecule has 1 atom stereocenters. The summed E-state index contributed by atoms with van der Waals surface area (Å²) in [5.74, 6) is -0.121. The molecule has 1 heterocycles. The van der Waals surface area contributed by atoms with Crippen LogP contribution < -0.4 is 10.6 Å². The van der Waals surface area contributed by atoms with Gasteiger partial charge in [0.2, 0.25) is 0 Å². The second kappa shape index (κ2) is 6.29. The summed E-state index contributed by atoms with van der Waals surface area (Å²) in [5.41, 5.74) is 1.36. The second-order valence-electron chi connectivity index (χ2n) is 4.59. The van der Waals surface area contributed by atoms with E-state index in [4.69, 9.17) is 11.6 Å². The molecule has 0 aliphatic carbocycles. The Morgan fingerprint density at radius 3 is 2.65 bits per heavy atom. The number of halogens is 1. The van der Waals surface area contributed by atoms with Gasteiger partial charge in [-0.2, -0.15) is 0 Å². The molecule has 1 unspecified atom stereocenters. The first-order valence-electron chi connectivity index (χ1n) is 6.35. The average molecular weight is 309 g/mol. The third-order valence-electron chi connectivity index (χ3n) is 3.02. The summed E-state index contributed by atoms with van der Waals surface area (Å²) in [5, 5.41) is 6.58. The zero-order valence-corrected chi connectivity index (χ0v) is 13.2. The molecule has 3 nitrogen and oxygen atoms in total. The molecule has 5 heteroatoms. The fraction of sp³-hybridized carbons (Fsp3) is 0.267. The maximum Gasteiger partial charge on any atom is 0.251 e. The Morgan fingerprint density at radius 1 is 1.30 bits per heavy atom. The van der Waals surface area contributed by atoms with E-state index < -0.39 is 0 Å². The van der Waals surface area contributed by atoms with E-state index in [1.165, 1.54) is 9.75 Å². The van der Waals surface area contributed by atoms with Crippen molar-refractivity contribution in [1.82, 2.24) is 5.32 Å². The summed E-state index contributed by atoms with van der Waals surface area (Å²) in [7, 11) is 1.61. The molecule has 1 amide bonds. The van der Waals surface area contributed by atoms with Gasteiger partial charge < -0.3 is 10.6 Å². The summed E-state index contributed by atoms with van der Waals surface area (Å²) in [6, 6.07) is 9.58. The predicted molar refractivity (Wildman–Crippen MR) is 85.9 cm³/mol. The quantitative estimate of drug-likeness (QED) is 0.887. The van der Waals surface area contributed by atoms with Crippen LogP contribution in [0.5, 0.6) is 0 Å². The highest BCUT2D eigenvalue weighted by Crippen LogP contribution is 2.30. The number of anilines is 1. The Labute approximate surface area is 128 Å². The van der Waals surface area contributed by atoms with Crippen molar-refractivity contribution in [3.05, 3.63) is 50.7 Å². The SMILES string of the molecule is CNC(=O)c1ccc(Cl)c(NC(C)c2ccc(C)s2)c1. The Hall–Kier alpha value is -1.52. The van der Waals surface area contributed by atoms with E-state index in [0.29, 0.717) is 10.6 Å². The number of carbonyl (C=O) groups excluding carboxylic acids is 1. The molecule has 106 valence electrons. The Morgan fingerprint density at radius 2 is 2.05 bits per heavy atom. The largest absolute Gasteiger partial charge is 0.376 e. The van der Waals surface area contributed by atoms with Gasteiger partial charge >= 0.3 is 0 Å². The minimum Gasteiger partial charge on any atom is -0.376 e. The number of nitrogens with one attached hydrogen (secondary N) is 2. The summed E-state index contributed by atoms with van der Waals surface area (Å²) in [4.78, 5) is 14.2. The van der Waals surface area contributed by atoms with Crippen molar-refractivity contribution in [3.8, 4) is 0 Å². The van der Waals surface area contributed by atoms with E-state index in [2.05, 4.69) is 36.6 Å². The fourth-order valence-electron chi connectivity index (χ4n) is 1.91. The van der Waals surface area contributed by atoms with Crippen LogP contribution >= 0.6 is 22.9 Å². The number of thiophene rings is 1. The minimum absolute atomic E-state index is 0.121. The molecule has 2 aromatic rings. The second-order valence-corrected chi connectivity index (χ2v) is 6.31. The lowest BCUT2D eigenvalue weighted by Gasteiger charge is -2.16. The van der Waals surface area contributed by atoms with Crippen molar-refractivity contribution < 1.29 is 4.79 Å². The van der Waals surface area contributed by atoms with Crippen LogP contribution in [0.1, 0.15) is 33.1 Å². The van der Waals surface area contributed by atoms with Crippen molar-refractivity contribution in [2.24, 2.45) is 0 Å². The van der Waals surface area contributed by atoms with Crippen LogP contribution in [0.4, 0.5) is 5.69 Å². The fourth-order valence-corrected chi connectivity index (χ4v) is 2.96. The molecule has 2 rings (SSSR count). The lowest BCUT2D eigenvalue weighted by Crippen LogP contribution is -2.18. The Balaban J connectivity index is 2.22. The highest BCUT2D eigenvalue weighted by Gasteiger charge is 2.12. The van der Waals surface area contributed by atoms with Gasteiger partial charge in [-0.25, -0.2) is 0 Å². The molecule has 0 aliphatic rings. The number of benzene rings is 1. The number of hydrogen-bond acceptors (Lipinski definition) is 3. The molecule has 2 N–H and O–H groups in total. The van der Waals surface area contributed by atoms with E-state index in [-0.39, 0.29) is 11.9 Å². The first-order chi connectivity index (χ1) is 9.51. The number of carbonyl (C=O) groups is 1. The zero-order valence-electron chi connectivity index (χ0n) is 11.7. The minimum atomic E-state index is -0.121. The van der Waals surface area contributed by atoms with Gasteiger partial charge in [-0.15, -0.1) is 11.3 Å². The van der Waals surface area contributed by atoms with Gasteiger partial charge in [-0.05, 0) is 44.2 Å². The molecule has 0 fully saturated rings. The first-order valence-corrected chi connectivity index (χ1v) is 7.55. The maximum absolute atomic E-state index is 11.7. The van der Waals surface area contributed by atoms with E-state index in [1.54, 1.807) is 36.6 Å². The van der Waals surface area contributed by atoms with Crippen LogP contribution in [-0.4, -0.2) is 13.0 Å².